The van der Waals surface area contributed by atoms with E-state index in [1.54, 1.807) is 36.0 Å². The van der Waals surface area contributed by atoms with Gasteiger partial charge < -0.3 is 4.74 Å². The Kier molecular flexibility index (Phi) is 6.17. The molecule has 0 spiro atoms. The molecule has 0 aliphatic heterocycles. The molecule has 39 heavy (non-hydrogen) atoms. The van der Waals surface area contributed by atoms with Crippen LogP contribution < -0.4 is 14.8 Å². The van der Waals surface area contributed by atoms with Crippen molar-refractivity contribution in [2.45, 2.75) is 6.92 Å². The molecule has 0 aliphatic rings. The van der Waals surface area contributed by atoms with Gasteiger partial charge in [0.15, 0.2) is 11.6 Å². The zero-order chi connectivity index (χ0) is 26.9. The van der Waals surface area contributed by atoms with Gasteiger partial charge in [-0.25, -0.2) is 4.68 Å². The molecule has 0 unspecified atom stereocenters. The maximum absolute atomic E-state index is 13.3. The van der Waals surface area contributed by atoms with Crippen LogP contribution in [0.5, 0.6) is 5.75 Å². The van der Waals surface area contributed by atoms with Crippen LogP contribution >= 0.6 is 11.3 Å². The number of aromatic nitrogens is 5. The van der Waals surface area contributed by atoms with Gasteiger partial charge in [0.05, 0.1) is 21.7 Å². The number of ether oxygens (including phenoxy) is 1. The third-order valence-corrected chi connectivity index (χ3v) is 6.95. The van der Waals surface area contributed by atoms with E-state index in [0.29, 0.717) is 38.7 Å². The van der Waals surface area contributed by atoms with Gasteiger partial charge in [-0.1, -0.05) is 59.9 Å². The first-order valence-electron chi connectivity index (χ1n) is 12.0. The number of nitrogens with zero attached hydrogens (tertiary/aromatic N) is 6. The molecule has 0 fully saturated rings. The highest BCUT2D eigenvalue weighted by atomic mass is 32.1. The van der Waals surface area contributed by atoms with Crippen molar-refractivity contribution < 1.29 is 9.66 Å². The summed E-state index contributed by atoms with van der Waals surface area (Å²) < 4.78 is 8.83. The Hall–Kier alpha value is -5.16. The predicted molar refractivity (Wildman–Crippen MR) is 148 cm³/mol. The van der Waals surface area contributed by atoms with Gasteiger partial charge in [-0.3, -0.25) is 14.9 Å². The molecular weight excluding hydrogens is 516 g/mol. The van der Waals surface area contributed by atoms with Gasteiger partial charge in [-0.05, 0) is 37.3 Å². The Balaban J connectivity index is 1.50. The lowest BCUT2D eigenvalue weighted by molar-refractivity contribution is -0.385. The number of nitro benzene ring substituents is 1. The number of hydrogen-bond acceptors (Lipinski definition) is 8. The van der Waals surface area contributed by atoms with Crippen LogP contribution in [-0.4, -0.2) is 35.9 Å². The lowest BCUT2D eigenvalue weighted by atomic mass is 10.1. The molecule has 0 radical (unpaired) electrons. The summed E-state index contributed by atoms with van der Waals surface area (Å²) in [6, 6.07) is 23.7. The van der Waals surface area contributed by atoms with E-state index in [-0.39, 0.29) is 17.0 Å². The van der Waals surface area contributed by atoms with Crippen molar-refractivity contribution in [3.8, 4) is 34.1 Å². The molecule has 6 aromatic rings. The molecule has 0 saturated carbocycles. The van der Waals surface area contributed by atoms with E-state index >= 15 is 0 Å². The highest BCUT2D eigenvalue weighted by Gasteiger charge is 2.20. The summed E-state index contributed by atoms with van der Waals surface area (Å²) in [5.41, 5.74) is 2.77. The number of hydrogen-bond donors (Lipinski definition) is 0. The standard InChI is InChI=1S/C28H20N6O4S/c1-2-38-23-14-13-19(15-22(23)34(36)37)25-20(17-32(30-25)21-11-7-4-8-12-21)16-24-27(35)33-28(39-24)29-26(31-33)18-9-5-3-6-10-18/h3-17H,2H2,1H3/b24-16-. The van der Waals surface area contributed by atoms with Crippen molar-refractivity contribution in [1.82, 2.24) is 24.4 Å². The first-order valence-corrected chi connectivity index (χ1v) is 12.9. The van der Waals surface area contributed by atoms with Crippen LogP contribution in [-0.2, 0) is 0 Å². The van der Waals surface area contributed by atoms with E-state index in [0.717, 1.165) is 11.3 Å². The summed E-state index contributed by atoms with van der Waals surface area (Å²) in [6.07, 6.45) is 3.51. The smallest absolute Gasteiger partial charge is 0.311 e. The summed E-state index contributed by atoms with van der Waals surface area (Å²) in [4.78, 5) is 29.6. The van der Waals surface area contributed by atoms with Gasteiger partial charge in [0.1, 0.15) is 5.69 Å². The second kappa shape index (κ2) is 9.95. The second-order valence-corrected chi connectivity index (χ2v) is 9.51. The SMILES string of the molecule is CCOc1ccc(-c2nn(-c3ccccc3)cc2/C=c2\sc3nc(-c4ccccc4)nn3c2=O)cc1[N+](=O)[O-]. The van der Waals surface area contributed by atoms with E-state index in [2.05, 4.69) is 10.1 Å². The molecule has 10 nitrogen and oxygen atoms in total. The minimum Gasteiger partial charge on any atom is -0.487 e. The van der Waals surface area contributed by atoms with E-state index in [1.807, 2.05) is 60.7 Å². The predicted octanol–water partition coefficient (Wildman–Crippen LogP) is 4.53. The average Bonchev–Trinajstić information content (AvgIpc) is 3.65. The molecule has 0 amide bonds. The molecular formula is C28H20N6O4S. The summed E-state index contributed by atoms with van der Waals surface area (Å²) in [5.74, 6) is 0.658. The Bertz CT molecular complexity index is 1930. The van der Waals surface area contributed by atoms with Crippen LogP contribution in [0.4, 0.5) is 5.69 Å². The Labute approximate surface area is 225 Å². The largest absolute Gasteiger partial charge is 0.487 e. The first kappa shape index (κ1) is 24.2. The van der Waals surface area contributed by atoms with Crippen LogP contribution in [0.2, 0.25) is 0 Å². The minimum absolute atomic E-state index is 0.161. The Morgan fingerprint density at radius 3 is 2.44 bits per heavy atom. The topological polar surface area (TPSA) is 117 Å². The fourth-order valence-corrected chi connectivity index (χ4v) is 5.10. The van der Waals surface area contributed by atoms with Crippen LogP contribution in [0.1, 0.15) is 12.5 Å². The van der Waals surface area contributed by atoms with Crippen molar-refractivity contribution in [2.24, 2.45) is 0 Å². The van der Waals surface area contributed by atoms with Gasteiger partial charge in [0, 0.05) is 29.0 Å². The molecule has 0 atom stereocenters. The number of thiazole rings is 1. The number of benzene rings is 3. The molecule has 6 rings (SSSR count). The van der Waals surface area contributed by atoms with Crippen molar-refractivity contribution in [3.63, 3.8) is 0 Å². The zero-order valence-electron chi connectivity index (χ0n) is 20.6. The monoisotopic (exact) mass is 536 g/mol. The van der Waals surface area contributed by atoms with Crippen LogP contribution in [0.15, 0.2) is 89.9 Å². The molecule has 0 saturated heterocycles. The minimum atomic E-state index is -0.480. The normalized spacial score (nSPS) is 11.8. The molecule has 0 aliphatic carbocycles. The van der Waals surface area contributed by atoms with Gasteiger partial charge in [0.2, 0.25) is 4.96 Å². The summed E-state index contributed by atoms with van der Waals surface area (Å²) >= 11 is 1.22. The fourth-order valence-electron chi connectivity index (χ4n) is 4.20. The third-order valence-electron chi connectivity index (χ3n) is 5.99. The highest BCUT2D eigenvalue weighted by molar-refractivity contribution is 7.15. The molecule has 3 heterocycles. The molecule has 192 valence electrons. The first-order chi connectivity index (χ1) is 19.0. The number of rotatable bonds is 7. The summed E-state index contributed by atoms with van der Waals surface area (Å²) in [6.45, 7) is 2.07. The summed E-state index contributed by atoms with van der Waals surface area (Å²) in [5, 5.41) is 20.9. The van der Waals surface area contributed by atoms with Crippen LogP contribution in [0.3, 0.4) is 0 Å². The Morgan fingerprint density at radius 2 is 1.74 bits per heavy atom. The van der Waals surface area contributed by atoms with Crippen molar-refractivity contribution in [1.29, 1.82) is 0 Å². The molecule has 3 aromatic heterocycles. The van der Waals surface area contributed by atoms with E-state index in [4.69, 9.17) is 9.84 Å². The van der Waals surface area contributed by atoms with E-state index in [9.17, 15) is 14.9 Å². The van der Waals surface area contributed by atoms with Crippen molar-refractivity contribution in [3.05, 3.63) is 116 Å². The second-order valence-electron chi connectivity index (χ2n) is 8.50. The number of fused-ring (bicyclic) bond motifs is 1. The van der Waals surface area contributed by atoms with Crippen molar-refractivity contribution >= 4 is 28.1 Å². The summed E-state index contributed by atoms with van der Waals surface area (Å²) in [7, 11) is 0. The van der Waals surface area contributed by atoms with Gasteiger partial charge in [-0.15, -0.1) is 5.10 Å². The molecule has 0 N–H and O–H groups in total. The number of nitro groups is 1. The van der Waals surface area contributed by atoms with Gasteiger partial charge >= 0.3 is 5.69 Å². The van der Waals surface area contributed by atoms with Crippen LogP contribution in [0.25, 0.3) is 39.4 Å². The highest BCUT2D eigenvalue weighted by Crippen LogP contribution is 2.34. The molecule has 0 bridgehead atoms. The third kappa shape index (κ3) is 4.55. The van der Waals surface area contributed by atoms with Gasteiger partial charge in [-0.2, -0.15) is 14.6 Å². The van der Waals surface area contributed by atoms with E-state index in [1.165, 1.54) is 21.9 Å². The van der Waals surface area contributed by atoms with E-state index < -0.39 is 4.92 Å². The van der Waals surface area contributed by atoms with Gasteiger partial charge in [0.25, 0.3) is 5.56 Å². The fraction of sp³-hybridized carbons (Fsp3) is 0.0714. The lowest BCUT2D eigenvalue weighted by Gasteiger charge is -2.06. The zero-order valence-corrected chi connectivity index (χ0v) is 21.4. The quantitative estimate of drug-likeness (QED) is 0.217. The number of para-hydroxylation sites is 1. The van der Waals surface area contributed by atoms with Crippen molar-refractivity contribution in [2.75, 3.05) is 6.61 Å². The maximum atomic E-state index is 13.3. The maximum Gasteiger partial charge on any atom is 0.311 e. The van der Waals surface area contributed by atoms with Crippen LogP contribution in [0, 0.1) is 10.1 Å². The lowest BCUT2D eigenvalue weighted by Crippen LogP contribution is -2.23. The average molecular weight is 537 g/mol. The molecule has 11 heteroatoms. The Morgan fingerprint density at radius 1 is 1.00 bits per heavy atom. The molecule has 3 aromatic carbocycles.